The molecule has 0 aromatic carbocycles. The van der Waals surface area contributed by atoms with Gasteiger partial charge in [0.2, 0.25) is 0 Å². The third-order valence-electron chi connectivity index (χ3n) is 10.7. The molecule has 0 N–H and O–H groups in total. The molecule has 1 saturated heterocycles. The Balaban J connectivity index is 1.86. The summed E-state index contributed by atoms with van der Waals surface area (Å²) in [4.78, 5) is 62.9. The maximum Gasteiger partial charge on any atom is 0.331 e. The van der Waals surface area contributed by atoms with E-state index >= 15 is 0 Å². The predicted molar refractivity (Wildman–Crippen MR) is 156 cm³/mol. The lowest BCUT2D eigenvalue weighted by molar-refractivity contribution is -0.391. The molecule has 0 bridgehead atoms. The zero-order chi connectivity index (χ0) is 32.6. The molecule has 4 unspecified atom stereocenters. The molecule has 4 rings (SSSR count). The van der Waals surface area contributed by atoms with Gasteiger partial charge in [-0.3, -0.25) is 19.2 Å². The number of carbonyl (C=O) groups is 5. The smallest absolute Gasteiger partial charge is 0.331 e. The Morgan fingerprint density at radius 3 is 2.30 bits per heavy atom. The van der Waals surface area contributed by atoms with Gasteiger partial charge in [0.05, 0.1) is 23.9 Å². The summed E-state index contributed by atoms with van der Waals surface area (Å²) in [7, 11) is 0. The molecule has 0 radical (unpaired) electrons. The zero-order valence-electron chi connectivity index (χ0n) is 27.3. The SMILES string of the molecule is CCC(C)C(=O)OC1CC[C@@]2(COC(C)=O)OC[C@@]23C(OC(C)=O)C[C@H](C)[C@@](C)(CC(OC(=O)C(C)C)C2=CC(=O)OC2)[C@H]13. The van der Waals surface area contributed by atoms with Gasteiger partial charge >= 0.3 is 29.8 Å². The summed E-state index contributed by atoms with van der Waals surface area (Å²) in [6, 6.07) is 0. The Morgan fingerprint density at radius 2 is 1.77 bits per heavy atom. The molecule has 2 heterocycles. The highest BCUT2D eigenvalue weighted by atomic mass is 16.6. The monoisotopic (exact) mass is 620 g/mol. The van der Waals surface area contributed by atoms with Crippen LogP contribution in [0.15, 0.2) is 11.6 Å². The predicted octanol–water partition coefficient (Wildman–Crippen LogP) is 4.09. The fraction of sp³-hybridized carbons (Fsp3) is 0.788. The average Bonchev–Trinajstić information content (AvgIpc) is 3.37. The van der Waals surface area contributed by atoms with Crippen molar-refractivity contribution in [3.8, 4) is 0 Å². The standard InChI is InChI=1S/C33H48O11/c1-9-19(4)30(38)43-24-10-11-32(16-40-21(6)34)33(17-41-32)26(42-22(7)35)12-20(5)31(8,28(24)33)14-25(44-29(37)18(2)3)23-13-27(36)39-15-23/h13,18-20,24-26,28H,9-12,14-17H2,1-8H3/t19?,20-,24?,25?,26?,28-,31+,32-,33-/m0/s1. The summed E-state index contributed by atoms with van der Waals surface area (Å²) in [5.41, 5.74) is -1.96. The third-order valence-corrected chi connectivity index (χ3v) is 10.7. The van der Waals surface area contributed by atoms with Crippen molar-refractivity contribution in [2.45, 2.75) is 111 Å². The van der Waals surface area contributed by atoms with Crippen LogP contribution >= 0.6 is 0 Å². The molecule has 44 heavy (non-hydrogen) atoms. The highest BCUT2D eigenvalue weighted by Gasteiger charge is 2.78. The first-order valence-corrected chi connectivity index (χ1v) is 15.8. The van der Waals surface area contributed by atoms with E-state index in [9.17, 15) is 24.0 Å². The van der Waals surface area contributed by atoms with Crippen molar-refractivity contribution in [3.05, 3.63) is 11.6 Å². The van der Waals surface area contributed by atoms with Crippen LogP contribution in [0.25, 0.3) is 0 Å². The summed E-state index contributed by atoms with van der Waals surface area (Å²) in [6.07, 6.45) is 1.66. The van der Waals surface area contributed by atoms with Crippen molar-refractivity contribution in [2.24, 2.45) is 34.5 Å². The van der Waals surface area contributed by atoms with E-state index < -0.39 is 70.5 Å². The molecule has 4 aliphatic rings. The van der Waals surface area contributed by atoms with Crippen LogP contribution in [0.1, 0.15) is 87.5 Å². The summed E-state index contributed by atoms with van der Waals surface area (Å²) in [6.45, 7) is 14.3. The van der Waals surface area contributed by atoms with Crippen LogP contribution in [0.3, 0.4) is 0 Å². The zero-order valence-corrected chi connectivity index (χ0v) is 27.3. The second-order valence-corrected chi connectivity index (χ2v) is 13.8. The van der Waals surface area contributed by atoms with Gasteiger partial charge in [0, 0.05) is 31.4 Å². The average molecular weight is 621 g/mol. The second-order valence-electron chi connectivity index (χ2n) is 13.8. The lowest BCUT2D eigenvalue weighted by Gasteiger charge is -2.73. The van der Waals surface area contributed by atoms with Crippen LogP contribution in [0, 0.1) is 34.5 Å². The van der Waals surface area contributed by atoms with Crippen molar-refractivity contribution in [1.29, 1.82) is 0 Å². The van der Waals surface area contributed by atoms with Crippen LogP contribution in [-0.4, -0.2) is 73.6 Å². The van der Waals surface area contributed by atoms with Crippen LogP contribution in [0.2, 0.25) is 0 Å². The van der Waals surface area contributed by atoms with E-state index in [1.807, 2.05) is 13.8 Å². The molecule has 11 nitrogen and oxygen atoms in total. The molecule has 0 aromatic heterocycles. The molecule has 2 aliphatic heterocycles. The van der Waals surface area contributed by atoms with E-state index in [4.69, 9.17) is 28.4 Å². The van der Waals surface area contributed by atoms with Gasteiger partial charge < -0.3 is 28.4 Å². The van der Waals surface area contributed by atoms with Crippen LogP contribution in [0.5, 0.6) is 0 Å². The summed E-state index contributed by atoms with van der Waals surface area (Å²) in [5.74, 6) is -3.39. The number of hydrogen-bond acceptors (Lipinski definition) is 11. The first kappa shape index (κ1) is 33.9. The molecule has 3 fully saturated rings. The van der Waals surface area contributed by atoms with Crippen molar-refractivity contribution in [1.82, 2.24) is 0 Å². The molecule has 9 atom stereocenters. The fourth-order valence-corrected chi connectivity index (χ4v) is 7.91. The van der Waals surface area contributed by atoms with Crippen LogP contribution < -0.4 is 0 Å². The fourth-order valence-electron chi connectivity index (χ4n) is 7.91. The first-order valence-electron chi connectivity index (χ1n) is 15.8. The van der Waals surface area contributed by atoms with Crippen molar-refractivity contribution in [2.75, 3.05) is 19.8 Å². The molecular weight excluding hydrogens is 572 g/mol. The molecule has 1 spiro atoms. The minimum atomic E-state index is -0.972. The van der Waals surface area contributed by atoms with Crippen LogP contribution in [-0.2, 0) is 52.4 Å². The molecular formula is C33H48O11. The van der Waals surface area contributed by atoms with Crippen LogP contribution in [0.4, 0.5) is 0 Å². The highest BCUT2D eigenvalue weighted by Crippen LogP contribution is 2.70. The maximum absolute atomic E-state index is 13.3. The van der Waals surface area contributed by atoms with E-state index in [-0.39, 0.29) is 37.6 Å². The van der Waals surface area contributed by atoms with E-state index in [1.54, 1.807) is 13.8 Å². The Labute approximate surface area is 259 Å². The minimum absolute atomic E-state index is 0.0111. The molecule has 0 amide bonds. The van der Waals surface area contributed by atoms with Gasteiger partial charge in [-0.1, -0.05) is 41.5 Å². The highest BCUT2D eigenvalue weighted by molar-refractivity contribution is 5.85. The summed E-state index contributed by atoms with van der Waals surface area (Å²) >= 11 is 0. The first-order chi connectivity index (χ1) is 20.6. The van der Waals surface area contributed by atoms with Gasteiger partial charge in [-0.05, 0) is 43.4 Å². The van der Waals surface area contributed by atoms with Gasteiger partial charge in [-0.2, -0.15) is 0 Å². The Morgan fingerprint density at radius 1 is 1.07 bits per heavy atom. The van der Waals surface area contributed by atoms with Gasteiger partial charge in [-0.15, -0.1) is 0 Å². The van der Waals surface area contributed by atoms with Gasteiger partial charge in [0.25, 0.3) is 0 Å². The number of esters is 5. The lowest BCUT2D eigenvalue weighted by atomic mass is 9.39. The Hall–Kier alpha value is -2.95. The van der Waals surface area contributed by atoms with Crippen molar-refractivity contribution < 1.29 is 52.4 Å². The summed E-state index contributed by atoms with van der Waals surface area (Å²) < 4.78 is 35.6. The van der Waals surface area contributed by atoms with E-state index in [0.29, 0.717) is 37.7 Å². The second kappa shape index (κ2) is 12.8. The number of cyclic esters (lactones) is 1. The number of rotatable bonds is 11. The maximum atomic E-state index is 13.3. The number of ether oxygens (including phenoxy) is 6. The normalized spacial score (nSPS) is 35.6. The summed E-state index contributed by atoms with van der Waals surface area (Å²) in [5, 5.41) is 0. The molecule has 0 aromatic rings. The molecule has 2 aliphatic carbocycles. The quantitative estimate of drug-likeness (QED) is 0.244. The van der Waals surface area contributed by atoms with E-state index in [1.165, 1.54) is 19.9 Å². The number of hydrogen-bond donors (Lipinski definition) is 0. The molecule has 246 valence electrons. The Bertz CT molecular complexity index is 1190. The van der Waals surface area contributed by atoms with E-state index in [0.717, 1.165) is 0 Å². The van der Waals surface area contributed by atoms with Gasteiger partial charge in [0.15, 0.2) is 0 Å². The largest absolute Gasteiger partial charge is 0.463 e. The van der Waals surface area contributed by atoms with Gasteiger partial charge in [0.1, 0.15) is 37.1 Å². The molecule has 2 saturated carbocycles. The topological polar surface area (TPSA) is 141 Å². The lowest BCUT2D eigenvalue weighted by Crippen LogP contribution is -2.81. The molecule has 11 heteroatoms. The third kappa shape index (κ3) is 6.00. The van der Waals surface area contributed by atoms with E-state index in [2.05, 4.69) is 13.8 Å². The number of carbonyl (C=O) groups excluding carboxylic acids is 5. The van der Waals surface area contributed by atoms with Crippen molar-refractivity contribution >= 4 is 29.8 Å². The minimum Gasteiger partial charge on any atom is -0.463 e. The van der Waals surface area contributed by atoms with Gasteiger partial charge in [-0.25, -0.2) is 4.79 Å². The van der Waals surface area contributed by atoms with Crippen molar-refractivity contribution in [3.63, 3.8) is 0 Å². The Kier molecular flexibility index (Phi) is 9.88.